The number of rotatable bonds is 20. The Morgan fingerprint density at radius 3 is 1.61 bits per heavy atom. The van der Waals surface area contributed by atoms with Gasteiger partial charge in [-0.25, -0.2) is 0 Å². The summed E-state index contributed by atoms with van der Waals surface area (Å²) in [6.07, 6.45) is -34.2. The summed E-state index contributed by atoms with van der Waals surface area (Å²) in [7, 11) is 0. The molecule has 4 saturated carbocycles. The SMILES string of the molecule is C[C@H](CC[C@@H](O[C@@H]1O[C@H](CO[C@@H]2O[C@H](CO)[C@@H](O)[C@H](O)[C@H]2O)[C@@H](O)[C@H](O)[C@H]1O[C@@H]1O[C@H](CO)[C@@H](O)[C@H](O)[C@H]1O)C(C)(C)O)[C@H]1CC[C@@]2(C)[C@@H]3CC=C4[C@@H](CC[C@H](O[C@@H]5C[C@H](CO[C@@H]6O[C@H](CO)[C@@H](O)[C@H](O)[C@H]6O)[C@@H](O)[C@H](O)[C@H]5O)C4(C)C)[C@]3(C)[C@H](O)C[C@]12C. The molecule has 0 radical (unpaired) electrons. The predicted octanol–water partition coefficient (Wildman–Crippen LogP) is -4.74. The van der Waals surface area contributed by atoms with E-state index in [1.165, 1.54) is 13.8 Å². The predicted molar refractivity (Wildman–Crippen MR) is 303 cm³/mol. The van der Waals surface area contributed by atoms with E-state index >= 15 is 0 Å². The molecule has 4 heterocycles. The molecule has 516 valence electrons. The second-order valence-electron chi connectivity index (χ2n) is 29.2. The van der Waals surface area contributed by atoms with Crippen LogP contribution in [0.4, 0.5) is 0 Å². The average molecular weight is 1290 g/mol. The molecule has 9 aliphatic rings. The fourth-order valence-corrected chi connectivity index (χ4v) is 17.5. The highest BCUT2D eigenvalue weighted by Crippen LogP contribution is 2.75. The Kier molecular flexibility index (Phi) is 22.3. The molecule has 0 bridgehead atoms. The smallest absolute Gasteiger partial charge is 0.187 e. The molecule has 0 spiro atoms. The summed E-state index contributed by atoms with van der Waals surface area (Å²) in [5.41, 5.74) is -2.28. The van der Waals surface area contributed by atoms with Crippen molar-refractivity contribution in [2.45, 2.75) is 284 Å². The number of allylic oxidation sites excluding steroid dienone is 1. The zero-order valence-electron chi connectivity index (χ0n) is 52.1. The van der Waals surface area contributed by atoms with E-state index in [-0.39, 0.29) is 54.0 Å². The Morgan fingerprint density at radius 1 is 0.551 bits per heavy atom. The monoisotopic (exact) mass is 1280 g/mol. The molecule has 0 aromatic heterocycles. The van der Waals surface area contributed by atoms with E-state index < -0.39 is 214 Å². The minimum Gasteiger partial charge on any atom is -0.394 e. The van der Waals surface area contributed by atoms with Gasteiger partial charge in [0.1, 0.15) is 110 Å². The molecular formula is C61H104O28. The van der Waals surface area contributed by atoms with Crippen LogP contribution in [0.3, 0.4) is 0 Å². The summed E-state index contributed by atoms with van der Waals surface area (Å²) in [6.45, 7) is 13.0. The highest BCUT2D eigenvalue weighted by Gasteiger charge is 2.70. The van der Waals surface area contributed by atoms with Crippen molar-refractivity contribution in [1.82, 2.24) is 0 Å². The van der Waals surface area contributed by atoms with Crippen LogP contribution in [-0.2, 0) is 42.6 Å². The van der Waals surface area contributed by atoms with Crippen LogP contribution >= 0.6 is 0 Å². The largest absolute Gasteiger partial charge is 0.394 e. The molecular weight excluding hydrogens is 1180 g/mol. The van der Waals surface area contributed by atoms with Crippen LogP contribution in [0.5, 0.6) is 0 Å². The lowest BCUT2D eigenvalue weighted by molar-refractivity contribution is -0.380. The van der Waals surface area contributed by atoms with Gasteiger partial charge in [0.15, 0.2) is 25.2 Å². The number of ether oxygens (including phenoxy) is 9. The lowest BCUT2D eigenvalue weighted by Gasteiger charge is -2.67. The van der Waals surface area contributed by atoms with Crippen molar-refractivity contribution < 1.29 is 140 Å². The van der Waals surface area contributed by atoms with Crippen molar-refractivity contribution in [1.29, 1.82) is 0 Å². The lowest BCUT2D eigenvalue weighted by atomic mass is 9.38. The fourth-order valence-electron chi connectivity index (χ4n) is 17.5. The van der Waals surface area contributed by atoms with Gasteiger partial charge in [-0.2, -0.15) is 0 Å². The zero-order chi connectivity index (χ0) is 65.5. The fraction of sp³-hybridized carbons (Fsp3) is 0.967. The van der Waals surface area contributed by atoms with Gasteiger partial charge in [0, 0.05) is 16.7 Å². The van der Waals surface area contributed by atoms with Gasteiger partial charge >= 0.3 is 0 Å². The van der Waals surface area contributed by atoms with E-state index in [2.05, 4.69) is 47.6 Å². The molecule has 28 nitrogen and oxygen atoms in total. The highest BCUT2D eigenvalue weighted by atomic mass is 16.8. The topological polar surface area (TPSA) is 467 Å². The van der Waals surface area contributed by atoms with Crippen molar-refractivity contribution in [3.05, 3.63) is 11.6 Å². The molecule has 8 fully saturated rings. The third-order valence-electron chi connectivity index (χ3n) is 23.4. The molecule has 9 rings (SSSR count). The summed E-state index contributed by atoms with van der Waals surface area (Å²) in [6, 6.07) is 0. The summed E-state index contributed by atoms with van der Waals surface area (Å²) >= 11 is 0. The van der Waals surface area contributed by atoms with Crippen LogP contribution in [0.15, 0.2) is 11.6 Å². The molecule has 0 aromatic rings. The maximum absolute atomic E-state index is 12.9. The minimum atomic E-state index is -1.95. The Hall–Kier alpha value is -1.38. The zero-order valence-corrected chi connectivity index (χ0v) is 52.1. The van der Waals surface area contributed by atoms with Crippen LogP contribution in [0.25, 0.3) is 0 Å². The standard InChI is InChI=1S/C61H104O28/c1-24(9-13-37(58(4,5)80)88-56-52(89-55-51(79)47(75)42(70)32(21-64)86-55)48(76)43(71)33(87-56)23-82-54-50(78)46(74)41(69)31(20-63)85-54)26-15-16-59(6)34-12-10-27-28(61(34,8)35(65)18-60(26,59)7)11-14-36(57(27,2)3)83-29-17-25(38(66)44(72)39(29)67)22-81-53-49(77)45(73)40(68)30(19-62)84-53/h10,24-26,28-56,62-80H,9,11-23H2,1-8H3/t24-,25-,26-,28-,29-,30-,31-,32-,33-,34+,35-,36+,37-,38-,39+,40-,41-,42-,43-,44+,45+,46+,47+,48+,49-,50-,51-,52-,53-,54-,55+,56+,59+,60-,61+/m1/s1. The van der Waals surface area contributed by atoms with Crippen LogP contribution < -0.4 is 0 Å². The number of aliphatic hydroxyl groups excluding tert-OH is 18. The van der Waals surface area contributed by atoms with Crippen molar-refractivity contribution in [2.75, 3.05) is 33.0 Å². The van der Waals surface area contributed by atoms with Crippen LogP contribution in [0.2, 0.25) is 0 Å². The molecule has 35 atom stereocenters. The van der Waals surface area contributed by atoms with Crippen molar-refractivity contribution in [3.63, 3.8) is 0 Å². The number of hydrogen-bond acceptors (Lipinski definition) is 28. The lowest BCUT2D eigenvalue weighted by Crippen LogP contribution is -2.65. The molecule has 4 aliphatic heterocycles. The Balaban J connectivity index is 0.883. The van der Waals surface area contributed by atoms with Gasteiger partial charge in [0.05, 0.1) is 69.2 Å². The second-order valence-corrected chi connectivity index (χ2v) is 29.2. The Labute approximate surface area is 518 Å². The Bertz CT molecular complexity index is 2340. The third kappa shape index (κ3) is 13.1. The van der Waals surface area contributed by atoms with Gasteiger partial charge in [-0.3, -0.25) is 0 Å². The number of hydrogen-bond donors (Lipinski definition) is 19. The molecule has 89 heavy (non-hydrogen) atoms. The first-order chi connectivity index (χ1) is 41.6. The normalized spacial score (nSPS) is 51.8. The molecule has 0 amide bonds. The summed E-state index contributed by atoms with van der Waals surface area (Å²) in [5.74, 6) is -0.740. The van der Waals surface area contributed by atoms with Crippen LogP contribution in [-0.4, -0.2) is 301 Å². The molecule has 5 aliphatic carbocycles. The molecule has 4 saturated heterocycles. The highest BCUT2D eigenvalue weighted by molar-refractivity contribution is 5.32. The van der Waals surface area contributed by atoms with E-state index in [0.717, 1.165) is 18.4 Å². The van der Waals surface area contributed by atoms with E-state index in [4.69, 9.17) is 42.6 Å². The molecule has 0 aromatic carbocycles. The summed E-state index contributed by atoms with van der Waals surface area (Å²) < 4.78 is 53.7. The molecule has 19 N–H and O–H groups in total. The van der Waals surface area contributed by atoms with Crippen LogP contribution in [0.1, 0.15) is 113 Å². The summed E-state index contributed by atoms with van der Waals surface area (Å²) in [4.78, 5) is 0. The first-order valence-corrected chi connectivity index (χ1v) is 31.9. The minimum absolute atomic E-state index is 0.0257. The van der Waals surface area contributed by atoms with E-state index in [0.29, 0.717) is 32.1 Å². The van der Waals surface area contributed by atoms with Gasteiger partial charge < -0.3 is 140 Å². The average Bonchev–Trinajstić information content (AvgIpc) is 1.66. The summed E-state index contributed by atoms with van der Waals surface area (Å²) in [5, 5.41) is 206. The van der Waals surface area contributed by atoms with Crippen molar-refractivity contribution in [3.8, 4) is 0 Å². The van der Waals surface area contributed by atoms with Gasteiger partial charge in [-0.05, 0) is 106 Å². The second kappa shape index (κ2) is 27.6. The van der Waals surface area contributed by atoms with Gasteiger partial charge in [0.25, 0.3) is 0 Å². The van der Waals surface area contributed by atoms with Crippen molar-refractivity contribution in [2.24, 2.45) is 51.2 Å². The Morgan fingerprint density at radius 2 is 1.06 bits per heavy atom. The van der Waals surface area contributed by atoms with E-state index in [9.17, 15) is 97.0 Å². The molecule has 0 unspecified atom stereocenters. The quantitative estimate of drug-likeness (QED) is 0.0509. The van der Waals surface area contributed by atoms with E-state index in [1.807, 2.05) is 0 Å². The first kappa shape index (κ1) is 71.9. The first-order valence-electron chi connectivity index (χ1n) is 31.9. The number of aliphatic hydroxyl groups is 19. The van der Waals surface area contributed by atoms with Crippen LogP contribution in [0, 0.1) is 51.2 Å². The van der Waals surface area contributed by atoms with Gasteiger partial charge in [-0.1, -0.05) is 53.2 Å². The maximum Gasteiger partial charge on any atom is 0.187 e. The van der Waals surface area contributed by atoms with Gasteiger partial charge in [-0.15, -0.1) is 0 Å². The van der Waals surface area contributed by atoms with Crippen molar-refractivity contribution >= 4 is 0 Å². The molecule has 28 heteroatoms. The maximum atomic E-state index is 12.9. The van der Waals surface area contributed by atoms with E-state index in [1.54, 1.807) is 0 Å². The van der Waals surface area contributed by atoms with Gasteiger partial charge in [0.2, 0.25) is 0 Å². The third-order valence-corrected chi connectivity index (χ3v) is 23.4. The number of fused-ring (bicyclic) bond motifs is 5.